The molecule has 1 aromatic heterocycles. The van der Waals surface area contributed by atoms with E-state index in [4.69, 9.17) is 4.74 Å². The van der Waals surface area contributed by atoms with E-state index in [0.717, 1.165) is 16.1 Å². The summed E-state index contributed by atoms with van der Waals surface area (Å²) < 4.78 is 5.22. The van der Waals surface area contributed by atoms with Crippen molar-refractivity contribution in [3.63, 3.8) is 0 Å². The highest BCUT2D eigenvalue weighted by Crippen LogP contribution is 2.25. The number of anilines is 1. The fourth-order valence-electron chi connectivity index (χ4n) is 1.69. The number of hydrogen-bond acceptors (Lipinski definition) is 3. The van der Waals surface area contributed by atoms with Crippen LogP contribution in [0.15, 0.2) is 35.7 Å². The quantitative estimate of drug-likeness (QED) is 0.917. The molecule has 1 heterocycles. The fraction of sp³-hybridized carbons (Fsp3) is 0.214. The topological polar surface area (TPSA) is 38.3 Å². The Morgan fingerprint density at radius 1 is 1.39 bits per heavy atom. The summed E-state index contributed by atoms with van der Waals surface area (Å²) in [6, 6.07) is 9.62. The molecule has 1 N–H and O–H groups in total. The number of carbonyl (C=O) groups excluding carboxylic acids is 1. The molecular formula is C14H15NO2S. The third kappa shape index (κ3) is 3.11. The molecule has 0 fully saturated rings. The third-order valence-corrected chi connectivity index (χ3v) is 3.42. The second kappa shape index (κ2) is 5.69. The summed E-state index contributed by atoms with van der Waals surface area (Å²) in [6.07, 6.45) is 0.398. The van der Waals surface area contributed by atoms with Crippen molar-refractivity contribution >= 4 is 22.9 Å². The summed E-state index contributed by atoms with van der Waals surface area (Å²) in [5.74, 6) is 0.654. The van der Waals surface area contributed by atoms with E-state index in [2.05, 4.69) is 5.32 Å². The van der Waals surface area contributed by atoms with Crippen LogP contribution in [0.25, 0.3) is 0 Å². The molecule has 2 aromatic rings. The van der Waals surface area contributed by atoms with E-state index >= 15 is 0 Å². The lowest BCUT2D eigenvalue weighted by atomic mass is 10.2. The van der Waals surface area contributed by atoms with Gasteiger partial charge in [-0.05, 0) is 36.1 Å². The van der Waals surface area contributed by atoms with E-state index in [1.54, 1.807) is 18.4 Å². The standard InChI is InChI=1S/C14H15NO2S/c1-10-5-6-13(17-2)12(8-10)15-14(16)9-11-4-3-7-18-11/h3-8H,9H2,1-2H3,(H,15,16). The van der Waals surface area contributed by atoms with Gasteiger partial charge in [0.1, 0.15) is 5.75 Å². The van der Waals surface area contributed by atoms with Crippen molar-refractivity contribution in [3.05, 3.63) is 46.2 Å². The number of thiophene rings is 1. The SMILES string of the molecule is COc1ccc(C)cc1NC(=O)Cc1cccs1. The van der Waals surface area contributed by atoms with Crippen LogP contribution in [0.3, 0.4) is 0 Å². The number of methoxy groups -OCH3 is 1. The summed E-state index contributed by atoms with van der Waals surface area (Å²) >= 11 is 1.58. The van der Waals surface area contributed by atoms with Crippen molar-refractivity contribution in [3.8, 4) is 5.75 Å². The van der Waals surface area contributed by atoms with Crippen LogP contribution >= 0.6 is 11.3 Å². The second-order valence-electron chi connectivity index (χ2n) is 4.01. The van der Waals surface area contributed by atoms with Gasteiger partial charge in [0.2, 0.25) is 5.91 Å². The first-order valence-electron chi connectivity index (χ1n) is 5.66. The lowest BCUT2D eigenvalue weighted by Gasteiger charge is -2.10. The lowest BCUT2D eigenvalue weighted by Crippen LogP contribution is -2.14. The summed E-state index contributed by atoms with van der Waals surface area (Å²) in [7, 11) is 1.60. The number of rotatable bonds is 4. The van der Waals surface area contributed by atoms with Crippen LogP contribution in [0.5, 0.6) is 5.75 Å². The van der Waals surface area contributed by atoms with Gasteiger partial charge in [-0.3, -0.25) is 4.79 Å². The van der Waals surface area contributed by atoms with Gasteiger partial charge in [-0.25, -0.2) is 0 Å². The molecule has 0 atom stereocenters. The molecule has 0 saturated carbocycles. The number of aryl methyl sites for hydroxylation is 1. The Morgan fingerprint density at radius 3 is 2.89 bits per heavy atom. The number of hydrogen-bond donors (Lipinski definition) is 1. The van der Waals surface area contributed by atoms with Crippen molar-refractivity contribution in [1.82, 2.24) is 0 Å². The number of ether oxygens (including phenoxy) is 1. The molecule has 0 saturated heterocycles. The molecule has 0 aliphatic heterocycles. The van der Waals surface area contributed by atoms with E-state index in [9.17, 15) is 4.79 Å². The molecule has 3 nitrogen and oxygen atoms in total. The maximum Gasteiger partial charge on any atom is 0.229 e. The highest BCUT2D eigenvalue weighted by atomic mass is 32.1. The smallest absolute Gasteiger partial charge is 0.229 e. The number of amides is 1. The molecule has 0 radical (unpaired) electrons. The van der Waals surface area contributed by atoms with Gasteiger partial charge in [-0.1, -0.05) is 12.1 Å². The molecule has 0 aliphatic carbocycles. The average Bonchev–Trinajstić information content (AvgIpc) is 2.82. The Labute approximate surface area is 110 Å². The molecule has 1 amide bonds. The molecule has 94 valence electrons. The fourth-order valence-corrected chi connectivity index (χ4v) is 2.39. The molecule has 0 unspecified atom stereocenters. The maximum absolute atomic E-state index is 11.9. The van der Waals surface area contributed by atoms with Crippen LogP contribution < -0.4 is 10.1 Å². The van der Waals surface area contributed by atoms with Crippen molar-refractivity contribution in [2.75, 3.05) is 12.4 Å². The predicted molar refractivity (Wildman–Crippen MR) is 74.4 cm³/mol. The van der Waals surface area contributed by atoms with E-state index in [1.807, 2.05) is 42.6 Å². The van der Waals surface area contributed by atoms with Crippen LogP contribution in [0.1, 0.15) is 10.4 Å². The summed E-state index contributed by atoms with van der Waals surface area (Å²) in [5.41, 5.74) is 1.81. The minimum atomic E-state index is -0.0265. The number of benzene rings is 1. The number of nitrogens with one attached hydrogen (secondary N) is 1. The van der Waals surface area contributed by atoms with Gasteiger partial charge in [-0.2, -0.15) is 0 Å². The zero-order chi connectivity index (χ0) is 13.0. The average molecular weight is 261 g/mol. The van der Waals surface area contributed by atoms with Crippen LogP contribution in [0.4, 0.5) is 5.69 Å². The lowest BCUT2D eigenvalue weighted by molar-refractivity contribution is -0.115. The van der Waals surface area contributed by atoms with E-state index in [1.165, 1.54) is 0 Å². The predicted octanol–water partition coefficient (Wildman–Crippen LogP) is 3.25. The highest BCUT2D eigenvalue weighted by Gasteiger charge is 2.08. The Bertz CT molecular complexity index is 535. The zero-order valence-electron chi connectivity index (χ0n) is 10.4. The number of carbonyl (C=O) groups is 1. The summed E-state index contributed by atoms with van der Waals surface area (Å²) in [5, 5.41) is 4.85. The first-order chi connectivity index (χ1) is 8.69. The maximum atomic E-state index is 11.9. The largest absolute Gasteiger partial charge is 0.495 e. The van der Waals surface area contributed by atoms with Crippen molar-refractivity contribution < 1.29 is 9.53 Å². The van der Waals surface area contributed by atoms with Crippen LogP contribution in [0, 0.1) is 6.92 Å². The Balaban J connectivity index is 2.08. The van der Waals surface area contributed by atoms with Crippen LogP contribution in [0.2, 0.25) is 0 Å². The third-order valence-electron chi connectivity index (χ3n) is 2.54. The van der Waals surface area contributed by atoms with Gasteiger partial charge >= 0.3 is 0 Å². The van der Waals surface area contributed by atoms with Gasteiger partial charge < -0.3 is 10.1 Å². The minimum absolute atomic E-state index is 0.0265. The van der Waals surface area contributed by atoms with E-state index in [-0.39, 0.29) is 5.91 Å². The van der Waals surface area contributed by atoms with Crippen molar-refractivity contribution in [2.45, 2.75) is 13.3 Å². The van der Waals surface area contributed by atoms with Crippen LogP contribution in [-0.4, -0.2) is 13.0 Å². The first-order valence-corrected chi connectivity index (χ1v) is 6.54. The van der Waals surface area contributed by atoms with E-state index < -0.39 is 0 Å². The van der Waals surface area contributed by atoms with Gasteiger partial charge in [0, 0.05) is 4.88 Å². The van der Waals surface area contributed by atoms with Crippen molar-refractivity contribution in [1.29, 1.82) is 0 Å². The van der Waals surface area contributed by atoms with Crippen molar-refractivity contribution in [2.24, 2.45) is 0 Å². The first kappa shape index (κ1) is 12.6. The molecule has 0 aliphatic rings. The molecule has 1 aromatic carbocycles. The monoisotopic (exact) mass is 261 g/mol. The molecule has 0 spiro atoms. The van der Waals surface area contributed by atoms with Gasteiger partial charge in [-0.15, -0.1) is 11.3 Å². The summed E-state index contributed by atoms with van der Waals surface area (Å²) in [4.78, 5) is 13.0. The Hall–Kier alpha value is -1.81. The Kier molecular flexibility index (Phi) is 3.99. The summed E-state index contributed by atoms with van der Waals surface area (Å²) in [6.45, 7) is 1.98. The zero-order valence-corrected chi connectivity index (χ0v) is 11.2. The normalized spacial score (nSPS) is 10.1. The molecule has 2 rings (SSSR count). The van der Waals surface area contributed by atoms with E-state index in [0.29, 0.717) is 12.2 Å². The van der Waals surface area contributed by atoms with Gasteiger partial charge in [0.25, 0.3) is 0 Å². The molecular weight excluding hydrogens is 246 g/mol. The second-order valence-corrected chi connectivity index (χ2v) is 5.04. The molecule has 0 bridgehead atoms. The van der Waals surface area contributed by atoms with Crippen LogP contribution in [-0.2, 0) is 11.2 Å². The Morgan fingerprint density at radius 2 is 2.22 bits per heavy atom. The molecule has 4 heteroatoms. The van der Waals surface area contributed by atoms with Gasteiger partial charge in [0.05, 0.1) is 19.2 Å². The minimum Gasteiger partial charge on any atom is -0.495 e. The highest BCUT2D eigenvalue weighted by molar-refractivity contribution is 7.10. The van der Waals surface area contributed by atoms with Gasteiger partial charge in [0.15, 0.2) is 0 Å². The molecule has 18 heavy (non-hydrogen) atoms.